The molecule has 6 rings (SSSR count). The number of allylic oxidation sites excluding steroid dienone is 4. The number of aliphatic hydroxyl groups is 1. The second-order valence-electron chi connectivity index (χ2n) is 16.3. The molecular weight excluding hydrogens is 593 g/mol. The molecule has 0 bridgehead atoms. The van der Waals surface area contributed by atoms with Gasteiger partial charge in [-0.05, 0) is 156 Å². The fraction of sp³-hybridized carbons (Fsp3) is 0.692. The average molecular weight is 649 g/mol. The van der Waals surface area contributed by atoms with Crippen LogP contribution in [0.5, 0.6) is 0 Å². The maximum absolute atomic E-state index is 14.2. The minimum absolute atomic E-state index is 0.170. The highest BCUT2D eigenvalue weighted by molar-refractivity contribution is 6.41. The molecule has 0 amide bonds. The molecule has 3 fully saturated rings. The van der Waals surface area contributed by atoms with E-state index in [4.69, 9.17) is 9.73 Å². The number of esters is 1. The van der Waals surface area contributed by atoms with E-state index in [1.807, 2.05) is 26.8 Å². The Labute approximate surface area is 281 Å². The third-order valence-electron chi connectivity index (χ3n) is 13.4. The highest BCUT2D eigenvalue weighted by Gasteiger charge is 2.59. The first kappa shape index (κ1) is 34.4. The van der Waals surface area contributed by atoms with Gasteiger partial charge in [0, 0.05) is 29.1 Å². The number of halogens is 2. The van der Waals surface area contributed by atoms with Gasteiger partial charge in [0.1, 0.15) is 0 Å². The predicted octanol–water partition coefficient (Wildman–Crippen LogP) is 9.30. The van der Waals surface area contributed by atoms with Crippen LogP contribution in [-0.2, 0) is 9.53 Å². The molecule has 5 nitrogen and oxygen atoms in total. The van der Waals surface area contributed by atoms with E-state index in [0.717, 1.165) is 58.3 Å². The van der Waals surface area contributed by atoms with Crippen LogP contribution in [0, 0.1) is 54.3 Å². The number of carbonyl (C=O) groups is 1. The lowest BCUT2D eigenvalue weighted by Crippen LogP contribution is -2.51. The Morgan fingerprint density at radius 1 is 1.11 bits per heavy atom. The molecule has 1 aliphatic heterocycles. The topological polar surface area (TPSA) is 63.8 Å². The first-order valence-electron chi connectivity index (χ1n) is 18.2. The lowest BCUT2D eigenvalue weighted by Gasteiger charge is -2.58. The third-order valence-corrected chi connectivity index (χ3v) is 13.4. The van der Waals surface area contributed by atoms with E-state index >= 15 is 0 Å². The van der Waals surface area contributed by atoms with Crippen molar-refractivity contribution in [3.63, 3.8) is 0 Å². The van der Waals surface area contributed by atoms with Gasteiger partial charge >= 0.3 is 13.4 Å². The number of ether oxygens (including phenoxy) is 1. The third kappa shape index (κ3) is 6.14. The van der Waals surface area contributed by atoms with Crippen LogP contribution < -0.4 is 0 Å². The Morgan fingerprint density at radius 3 is 2.57 bits per heavy atom. The normalized spacial score (nSPS) is 34.9. The van der Waals surface area contributed by atoms with Gasteiger partial charge in [0.25, 0.3) is 0 Å². The van der Waals surface area contributed by atoms with Crippen LogP contribution in [0.1, 0.15) is 122 Å². The number of aliphatic imine (C=N–C) groups is 1. The second-order valence-corrected chi connectivity index (χ2v) is 16.3. The largest absolute Gasteiger partial charge is 0.677 e. The van der Waals surface area contributed by atoms with Crippen LogP contribution in [0.2, 0.25) is 0 Å². The summed E-state index contributed by atoms with van der Waals surface area (Å²) >= 11 is 0. The molecule has 2 heterocycles. The van der Waals surface area contributed by atoms with Crippen molar-refractivity contribution in [1.82, 2.24) is 4.48 Å². The second kappa shape index (κ2) is 13.1. The number of hydrogen-bond donors (Lipinski definition) is 1. The molecule has 1 aromatic heterocycles. The van der Waals surface area contributed by atoms with E-state index in [0.29, 0.717) is 60.4 Å². The lowest BCUT2D eigenvalue weighted by atomic mass is 9.47. The quantitative estimate of drug-likeness (QED) is 0.165. The summed E-state index contributed by atoms with van der Waals surface area (Å²) in [5.74, 6) is 2.76. The molecule has 1 aromatic rings. The monoisotopic (exact) mass is 648 g/mol. The zero-order valence-corrected chi connectivity index (χ0v) is 29.7. The van der Waals surface area contributed by atoms with Crippen LogP contribution in [0.3, 0.4) is 0 Å². The van der Waals surface area contributed by atoms with Crippen molar-refractivity contribution in [2.75, 3.05) is 6.61 Å². The SMILES string of the molecule is CC1=CC(C)=N/C1=C(/CCCC(=O)OC[C@@H](C)[C@H]1CC[C@H]2[C@@H]3CC=C4C[C@@H](O)CC[C@]4(C)[C@H]3CC[C@]12C)c1c(C)cc(C)n1B(F)F. The molecule has 0 saturated heterocycles. The summed E-state index contributed by atoms with van der Waals surface area (Å²) in [7, 11) is -2.65. The Morgan fingerprint density at radius 2 is 1.87 bits per heavy atom. The Bertz CT molecular complexity index is 1520. The number of rotatable bonds is 9. The standard InChI is InChI=1S/C39H55BF2N2O3/c1-23-19-26(4)43-36(23)31(37-24(2)20-27(5)44(37)40(41)42)9-8-10-35(46)47-22-25(3)32-13-14-33-30-12-11-28-21-29(45)15-17-38(28,6)34(30)16-18-39(32,33)7/h11,19-20,25,29-30,32-34,45H,8-10,12-18,21-22H2,1-7H3/b36-31-/t25-,29+,30+,32-,33+,34+,38+,39-/m1/s1. The highest BCUT2D eigenvalue weighted by Crippen LogP contribution is 2.67. The molecule has 0 radical (unpaired) electrons. The Hall–Kier alpha value is -2.48. The number of nitrogens with zero attached hydrogens (tertiary/aromatic N) is 2. The summed E-state index contributed by atoms with van der Waals surface area (Å²) in [6.45, 7) is 15.2. The van der Waals surface area contributed by atoms with Gasteiger partial charge in [0.15, 0.2) is 0 Å². The van der Waals surface area contributed by atoms with Crippen molar-refractivity contribution in [3.05, 3.63) is 52.0 Å². The molecule has 8 atom stereocenters. The zero-order valence-electron chi connectivity index (χ0n) is 29.7. The molecule has 0 aromatic carbocycles. The van der Waals surface area contributed by atoms with Crippen molar-refractivity contribution in [3.8, 4) is 0 Å². The summed E-state index contributed by atoms with van der Waals surface area (Å²) in [5.41, 5.74) is 7.19. The number of carbonyl (C=O) groups excluding carboxylic acids is 1. The van der Waals surface area contributed by atoms with E-state index in [2.05, 4.69) is 26.8 Å². The smallest absolute Gasteiger partial charge is 0.465 e. The summed E-state index contributed by atoms with van der Waals surface area (Å²) in [4.78, 5) is 17.8. The van der Waals surface area contributed by atoms with Crippen molar-refractivity contribution < 1.29 is 23.3 Å². The van der Waals surface area contributed by atoms with Gasteiger partial charge < -0.3 is 14.3 Å². The lowest BCUT2D eigenvalue weighted by molar-refractivity contribution is -0.146. The fourth-order valence-electron chi connectivity index (χ4n) is 11.2. The first-order valence-corrected chi connectivity index (χ1v) is 18.2. The molecule has 0 unspecified atom stereocenters. The van der Waals surface area contributed by atoms with Crippen molar-refractivity contribution in [2.24, 2.45) is 45.4 Å². The molecule has 47 heavy (non-hydrogen) atoms. The molecule has 256 valence electrons. The maximum atomic E-state index is 14.2. The summed E-state index contributed by atoms with van der Waals surface area (Å²) in [5, 5.41) is 10.3. The summed E-state index contributed by atoms with van der Waals surface area (Å²) < 4.78 is 35.4. The van der Waals surface area contributed by atoms with Crippen molar-refractivity contribution in [2.45, 2.75) is 125 Å². The summed E-state index contributed by atoms with van der Waals surface area (Å²) in [6.07, 6.45) is 14.5. The Kier molecular flexibility index (Phi) is 9.58. The van der Waals surface area contributed by atoms with Gasteiger partial charge in [-0.25, -0.2) is 0 Å². The van der Waals surface area contributed by atoms with E-state index in [1.54, 1.807) is 13.0 Å². The number of hydrogen-bond acceptors (Lipinski definition) is 4. The van der Waals surface area contributed by atoms with Gasteiger partial charge in [-0.15, -0.1) is 0 Å². The Balaban J connectivity index is 1.07. The van der Waals surface area contributed by atoms with E-state index in [1.165, 1.54) is 31.3 Å². The molecule has 5 aliphatic rings. The first-order chi connectivity index (χ1) is 22.2. The van der Waals surface area contributed by atoms with Gasteiger partial charge in [-0.3, -0.25) is 18.4 Å². The zero-order chi connectivity index (χ0) is 33.8. The van der Waals surface area contributed by atoms with Gasteiger partial charge in [-0.1, -0.05) is 32.4 Å². The van der Waals surface area contributed by atoms with E-state index < -0.39 is 7.40 Å². The van der Waals surface area contributed by atoms with Gasteiger partial charge in [0.2, 0.25) is 0 Å². The van der Waals surface area contributed by atoms with Crippen molar-refractivity contribution in [1.29, 1.82) is 0 Å². The predicted molar refractivity (Wildman–Crippen MR) is 186 cm³/mol. The molecule has 1 N–H and O–H groups in total. The van der Waals surface area contributed by atoms with Crippen LogP contribution >= 0.6 is 0 Å². The molecular formula is C39H55BF2N2O3. The maximum Gasteiger partial charge on any atom is 0.677 e. The van der Waals surface area contributed by atoms with Gasteiger partial charge in [0.05, 0.1) is 18.4 Å². The fourth-order valence-corrected chi connectivity index (χ4v) is 11.2. The van der Waals surface area contributed by atoms with E-state index in [-0.39, 0.29) is 29.3 Å². The van der Waals surface area contributed by atoms with Gasteiger partial charge in [-0.2, -0.15) is 0 Å². The highest BCUT2D eigenvalue weighted by atomic mass is 19.2. The molecule has 0 spiro atoms. The number of fused-ring (bicyclic) bond motifs is 5. The van der Waals surface area contributed by atoms with E-state index in [9.17, 15) is 18.5 Å². The van der Waals surface area contributed by atoms with Crippen LogP contribution in [-0.4, -0.2) is 41.4 Å². The number of aliphatic hydroxyl groups excluding tert-OH is 1. The molecule has 8 heteroatoms. The number of aryl methyl sites for hydroxylation is 2. The minimum atomic E-state index is -2.65. The van der Waals surface area contributed by atoms with Crippen LogP contribution in [0.15, 0.2) is 40.1 Å². The van der Waals surface area contributed by atoms with Crippen LogP contribution in [0.4, 0.5) is 8.63 Å². The average Bonchev–Trinajstić information content (AvgIpc) is 3.64. The summed E-state index contributed by atoms with van der Waals surface area (Å²) in [6, 6.07) is 1.80. The molecule has 3 saturated carbocycles. The van der Waals surface area contributed by atoms with Crippen molar-refractivity contribution >= 4 is 24.7 Å². The number of aromatic nitrogens is 1. The minimum Gasteiger partial charge on any atom is -0.465 e. The van der Waals surface area contributed by atoms with Crippen LogP contribution in [0.25, 0.3) is 5.57 Å². The molecule has 4 aliphatic carbocycles.